The van der Waals surface area contributed by atoms with Crippen LogP contribution in [0.25, 0.3) is 0 Å². The summed E-state index contributed by atoms with van der Waals surface area (Å²) >= 11 is 0. The molecule has 1 aliphatic rings. The highest BCUT2D eigenvalue weighted by molar-refractivity contribution is 4.93. The first kappa shape index (κ1) is 12.9. The quantitative estimate of drug-likeness (QED) is 0.753. The van der Waals surface area contributed by atoms with Crippen LogP contribution >= 0.6 is 0 Å². The summed E-state index contributed by atoms with van der Waals surface area (Å²) in [6, 6.07) is 0. The van der Waals surface area contributed by atoms with Gasteiger partial charge in [-0.3, -0.25) is 0 Å². The van der Waals surface area contributed by atoms with Crippen molar-refractivity contribution in [1.29, 1.82) is 0 Å². The fourth-order valence-corrected chi connectivity index (χ4v) is 2.52. The molecule has 0 aromatic carbocycles. The van der Waals surface area contributed by atoms with Crippen molar-refractivity contribution in [2.75, 3.05) is 13.2 Å². The molecule has 1 aliphatic heterocycles. The number of hydrogen-bond donors (Lipinski definition) is 2. The van der Waals surface area contributed by atoms with Crippen LogP contribution in [0.15, 0.2) is 0 Å². The van der Waals surface area contributed by atoms with Crippen LogP contribution in [0.3, 0.4) is 0 Å². The molecule has 1 fully saturated rings. The average Bonchev–Trinajstić information content (AvgIpc) is 2.17. The monoisotopic (exact) mass is 216 g/mol. The molecule has 1 heterocycles. The van der Waals surface area contributed by atoms with Gasteiger partial charge in [0.25, 0.3) is 0 Å². The van der Waals surface area contributed by atoms with Crippen LogP contribution in [0.5, 0.6) is 0 Å². The molecule has 0 aromatic rings. The molecule has 1 saturated heterocycles. The van der Waals surface area contributed by atoms with E-state index < -0.39 is 11.2 Å². The SMILES string of the molecule is CC(C)C1C[C@](C)(CO)O[C@](C)(CO)C1. The highest BCUT2D eigenvalue weighted by Gasteiger charge is 2.44. The zero-order valence-electron chi connectivity index (χ0n) is 10.3. The van der Waals surface area contributed by atoms with E-state index in [-0.39, 0.29) is 13.2 Å². The minimum Gasteiger partial charge on any atom is -0.393 e. The maximum absolute atomic E-state index is 9.37. The van der Waals surface area contributed by atoms with Gasteiger partial charge in [-0.25, -0.2) is 0 Å². The van der Waals surface area contributed by atoms with Gasteiger partial charge in [-0.05, 0) is 38.5 Å². The molecule has 0 aliphatic carbocycles. The third-order valence-electron chi connectivity index (χ3n) is 3.49. The van der Waals surface area contributed by atoms with E-state index in [1.807, 2.05) is 13.8 Å². The number of aliphatic hydroxyl groups excluding tert-OH is 2. The summed E-state index contributed by atoms with van der Waals surface area (Å²) in [5.74, 6) is 1.07. The van der Waals surface area contributed by atoms with E-state index >= 15 is 0 Å². The third kappa shape index (κ3) is 2.92. The maximum atomic E-state index is 9.37. The van der Waals surface area contributed by atoms with E-state index in [2.05, 4.69) is 13.8 Å². The molecule has 0 bridgehead atoms. The molecule has 90 valence electrons. The number of hydrogen-bond acceptors (Lipinski definition) is 3. The topological polar surface area (TPSA) is 49.7 Å². The van der Waals surface area contributed by atoms with Crippen molar-refractivity contribution in [2.24, 2.45) is 11.8 Å². The molecule has 0 spiro atoms. The second-order valence-electron chi connectivity index (χ2n) is 5.73. The van der Waals surface area contributed by atoms with E-state index in [1.165, 1.54) is 0 Å². The lowest BCUT2D eigenvalue weighted by Crippen LogP contribution is -2.53. The Kier molecular flexibility index (Phi) is 3.80. The summed E-state index contributed by atoms with van der Waals surface area (Å²) in [6.07, 6.45) is 1.74. The van der Waals surface area contributed by atoms with Gasteiger partial charge in [-0.15, -0.1) is 0 Å². The Balaban J connectivity index is 2.82. The molecule has 1 rings (SSSR count). The van der Waals surface area contributed by atoms with Crippen molar-refractivity contribution < 1.29 is 14.9 Å². The first-order chi connectivity index (χ1) is 6.84. The Hall–Kier alpha value is -0.120. The van der Waals surface area contributed by atoms with Gasteiger partial charge in [-0.2, -0.15) is 0 Å². The van der Waals surface area contributed by atoms with Crippen LogP contribution in [0.2, 0.25) is 0 Å². The Bertz CT molecular complexity index is 199. The number of rotatable bonds is 3. The van der Waals surface area contributed by atoms with Crippen molar-refractivity contribution in [1.82, 2.24) is 0 Å². The summed E-state index contributed by atoms with van der Waals surface area (Å²) in [6.45, 7) is 8.26. The van der Waals surface area contributed by atoms with Crippen LogP contribution in [-0.4, -0.2) is 34.6 Å². The molecule has 0 radical (unpaired) electrons. The second-order valence-corrected chi connectivity index (χ2v) is 5.73. The van der Waals surface area contributed by atoms with Crippen LogP contribution in [-0.2, 0) is 4.74 Å². The van der Waals surface area contributed by atoms with Crippen molar-refractivity contribution >= 4 is 0 Å². The molecule has 3 nitrogen and oxygen atoms in total. The number of ether oxygens (including phenoxy) is 1. The summed E-state index contributed by atoms with van der Waals surface area (Å²) in [7, 11) is 0. The van der Waals surface area contributed by atoms with Crippen LogP contribution in [0, 0.1) is 11.8 Å². The van der Waals surface area contributed by atoms with Crippen molar-refractivity contribution in [3.05, 3.63) is 0 Å². The molecule has 0 saturated carbocycles. The van der Waals surface area contributed by atoms with E-state index in [0.717, 1.165) is 12.8 Å². The average molecular weight is 216 g/mol. The molecule has 15 heavy (non-hydrogen) atoms. The maximum Gasteiger partial charge on any atom is 0.0895 e. The third-order valence-corrected chi connectivity index (χ3v) is 3.49. The first-order valence-corrected chi connectivity index (χ1v) is 5.76. The summed E-state index contributed by atoms with van der Waals surface area (Å²) in [4.78, 5) is 0. The minimum atomic E-state index is -0.495. The van der Waals surface area contributed by atoms with Crippen LogP contribution < -0.4 is 0 Å². The summed E-state index contributed by atoms with van der Waals surface area (Å²) in [5.41, 5.74) is -0.991. The fourth-order valence-electron chi connectivity index (χ4n) is 2.52. The highest BCUT2D eigenvalue weighted by atomic mass is 16.5. The molecule has 1 unspecified atom stereocenters. The van der Waals surface area contributed by atoms with Gasteiger partial charge in [0.2, 0.25) is 0 Å². The van der Waals surface area contributed by atoms with Gasteiger partial charge in [-0.1, -0.05) is 13.8 Å². The van der Waals surface area contributed by atoms with Gasteiger partial charge in [0.1, 0.15) is 0 Å². The zero-order chi connectivity index (χ0) is 11.7. The van der Waals surface area contributed by atoms with Crippen molar-refractivity contribution in [3.63, 3.8) is 0 Å². The van der Waals surface area contributed by atoms with Gasteiger partial charge in [0, 0.05) is 0 Å². The Labute approximate surface area is 92.4 Å². The summed E-state index contributed by atoms with van der Waals surface area (Å²) in [5, 5.41) is 18.7. The van der Waals surface area contributed by atoms with E-state index in [4.69, 9.17) is 4.74 Å². The second kappa shape index (κ2) is 4.40. The molecular formula is C12H24O3. The van der Waals surface area contributed by atoms with Gasteiger partial charge in [0.05, 0.1) is 24.4 Å². The lowest BCUT2D eigenvalue weighted by atomic mass is 9.75. The van der Waals surface area contributed by atoms with Gasteiger partial charge >= 0.3 is 0 Å². The molecule has 2 N–H and O–H groups in total. The summed E-state index contributed by atoms with van der Waals surface area (Å²) < 4.78 is 5.84. The Morgan fingerprint density at radius 1 is 1.13 bits per heavy atom. The van der Waals surface area contributed by atoms with E-state index in [1.54, 1.807) is 0 Å². The van der Waals surface area contributed by atoms with Gasteiger partial charge in [0.15, 0.2) is 0 Å². The normalized spacial score (nSPS) is 42.2. The predicted octanol–water partition coefficient (Wildman–Crippen LogP) is 1.57. The van der Waals surface area contributed by atoms with Crippen LogP contribution in [0.1, 0.15) is 40.5 Å². The van der Waals surface area contributed by atoms with E-state index in [0.29, 0.717) is 11.8 Å². The number of aliphatic hydroxyl groups is 2. The Morgan fingerprint density at radius 3 is 1.80 bits per heavy atom. The molecule has 3 atom stereocenters. The first-order valence-electron chi connectivity index (χ1n) is 5.76. The highest BCUT2D eigenvalue weighted by Crippen LogP contribution is 2.41. The zero-order valence-corrected chi connectivity index (χ0v) is 10.3. The van der Waals surface area contributed by atoms with Crippen molar-refractivity contribution in [2.45, 2.75) is 51.7 Å². The fraction of sp³-hybridized carbons (Fsp3) is 1.00. The molecule has 0 amide bonds. The van der Waals surface area contributed by atoms with Crippen molar-refractivity contribution in [3.8, 4) is 0 Å². The lowest BCUT2D eigenvalue weighted by Gasteiger charge is -2.48. The van der Waals surface area contributed by atoms with Crippen LogP contribution in [0.4, 0.5) is 0 Å². The largest absolute Gasteiger partial charge is 0.393 e. The standard InChI is InChI=1S/C12H24O3/c1-9(2)10-5-11(3,7-13)15-12(4,6-10)8-14/h9-10,13-14H,5-8H2,1-4H3/t10?,11-,12+. The lowest BCUT2D eigenvalue weighted by molar-refractivity contribution is -0.220. The van der Waals surface area contributed by atoms with Gasteiger partial charge < -0.3 is 14.9 Å². The Morgan fingerprint density at radius 2 is 1.53 bits per heavy atom. The van der Waals surface area contributed by atoms with E-state index in [9.17, 15) is 10.2 Å². The smallest absolute Gasteiger partial charge is 0.0895 e. The predicted molar refractivity (Wildman–Crippen MR) is 59.6 cm³/mol. The minimum absolute atomic E-state index is 0.0197. The molecular weight excluding hydrogens is 192 g/mol. The molecule has 3 heteroatoms. The molecule has 0 aromatic heterocycles.